The van der Waals surface area contributed by atoms with Crippen LogP contribution in [0.25, 0.3) is 0 Å². The molecule has 0 amide bonds. The average Bonchev–Trinajstić information content (AvgIpc) is 0.858. The predicted octanol–water partition coefficient (Wildman–Crippen LogP) is 34.5. The number of rotatable bonds is 9. The molecule has 0 aliphatic carbocycles. The van der Waals surface area contributed by atoms with Crippen molar-refractivity contribution in [2.45, 2.75) is 185 Å². The Hall–Kier alpha value is -4.67. The molecule has 0 fully saturated rings. The van der Waals surface area contributed by atoms with Crippen LogP contribution in [0.5, 0.6) is 0 Å². The van der Waals surface area contributed by atoms with Gasteiger partial charge < -0.3 is 0 Å². The Bertz CT molecular complexity index is 3420. The van der Waals surface area contributed by atoms with Crippen LogP contribution in [0.3, 0.4) is 0 Å². The van der Waals surface area contributed by atoms with Gasteiger partial charge in [-0.15, -0.1) is 0 Å². The lowest BCUT2D eigenvalue weighted by molar-refractivity contribution is 0.513. The molecule has 0 saturated heterocycles. The van der Waals surface area contributed by atoms with E-state index in [4.69, 9.17) is 128 Å². The second-order valence-corrected chi connectivity index (χ2v) is 30.9. The molecular weight excluding hydrogens is 1600 g/mol. The molecule has 0 N–H and O–H groups in total. The number of hydrogen-bond donors (Lipinski definition) is 0. The van der Waals surface area contributed by atoms with E-state index in [-0.39, 0.29) is 79.8 Å². The number of halogens is 23. The van der Waals surface area contributed by atoms with Crippen LogP contribution in [0, 0.1) is 76.7 Å². The van der Waals surface area contributed by atoms with Crippen LogP contribution in [0.15, 0.2) is 127 Å². The summed E-state index contributed by atoms with van der Waals surface area (Å²) in [6, 6.07) is 29.2. The van der Waals surface area contributed by atoms with Crippen molar-refractivity contribution in [3.63, 3.8) is 0 Å². The maximum absolute atomic E-state index is 13.2. The van der Waals surface area contributed by atoms with Gasteiger partial charge in [-0.1, -0.05) is 270 Å². The largest absolute Gasteiger partial charge is 0.207 e. The van der Waals surface area contributed by atoms with Crippen LogP contribution < -0.4 is 0 Å². The molecule has 9 rings (SSSR count). The first-order valence-electron chi connectivity index (χ1n) is 33.0. The predicted molar refractivity (Wildman–Crippen MR) is 424 cm³/mol. The third-order valence-corrected chi connectivity index (χ3v) is 17.9. The van der Waals surface area contributed by atoms with E-state index in [1.54, 1.807) is 59.7 Å². The summed E-state index contributed by atoms with van der Waals surface area (Å²) < 4.78 is 154. The Morgan fingerprint density at radius 3 is 0.638 bits per heavy atom. The molecule has 0 radical (unpaired) electrons. The van der Waals surface area contributed by atoms with Crippen molar-refractivity contribution in [3.8, 4) is 0 Å². The molecule has 0 nitrogen and oxygen atoms in total. The maximum Gasteiger partial charge on any atom is 0.132 e. The topological polar surface area (TPSA) is 0 Å². The monoisotopic (exact) mass is 1680 g/mol. The first kappa shape index (κ1) is 98.3. The van der Waals surface area contributed by atoms with Crippen molar-refractivity contribution < 1.29 is 52.7 Å². The van der Waals surface area contributed by atoms with Gasteiger partial charge in [0.05, 0.1) is 0 Å². The minimum atomic E-state index is -0.880. The molecule has 0 unspecified atom stereocenters. The van der Waals surface area contributed by atoms with Gasteiger partial charge in [-0.25, -0.2) is 52.7 Å². The molecule has 0 atom stereocenters. The highest BCUT2D eigenvalue weighted by Gasteiger charge is 2.19. The van der Waals surface area contributed by atoms with Gasteiger partial charge in [-0.05, 0) is 173 Å². The van der Waals surface area contributed by atoms with Gasteiger partial charge in [0.15, 0.2) is 0 Å². The Balaban J connectivity index is 0.000000591. The molecule has 0 aliphatic rings. The smallest absolute Gasteiger partial charge is 0.132 e. The molecule has 9 aromatic rings. The fourth-order valence-corrected chi connectivity index (χ4v) is 14.4. The third-order valence-electron chi connectivity index (χ3n) is 14.6. The van der Waals surface area contributed by atoms with Crippen LogP contribution in [-0.2, 0) is 0 Å². The van der Waals surface area contributed by atoms with Crippen molar-refractivity contribution in [2.24, 2.45) is 0 Å². The van der Waals surface area contributed by atoms with E-state index in [9.17, 15) is 52.7 Å². The van der Waals surface area contributed by atoms with Crippen molar-refractivity contribution in [3.05, 3.63) is 308 Å². The molecule has 0 spiro atoms. The van der Waals surface area contributed by atoms with E-state index in [2.05, 4.69) is 27.7 Å². The summed E-state index contributed by atoms with van der Waals surface area (Å²) in [7, 11) is 0. The van der Waals surface area contributed by atoms with Crippen LogP contribution in [-0.4, -0.2) is 0 Å². The summed E-state index contributed by atoms with van der Waals surface area (Å²) in [5.74, 6) is -6.10. The summed E-state index contributed by atoms with van der Waals surface area (Å²) in [4.78, 5) is 0. The van der Waals surface area contributed by atoms with Crippen LogP contribution in [0.4, 0.5) is 52.7 Å². The summed E-state index contributed by atoms with van der Waals surface area (Å²) in [5, 5.41) is 5.35. The summed E-state index contributed by atoms with van der Waals surface area (Å²) in [6.45, 7) is 35.8. The van der Waals surface area contributed by atoms with Gasteiger partial charge in [0.1, 0.15) is 69.8 Å². The fraction of sp³-hybridized carbons (Fsp3) is 0.341. The molecule has 105 heavy (non-hydrogen) atoms. The fourth-order valence-electron chi connectivity index (χ4n) is 9.97. The molecule has 0 bridgehead atoms. The lowest BCUT2D eigenvalue weighted by Crippen LogP contribution is -1.98. The SMILES string of the molecule is CC(C)c1c(Cl)cc(F)cc1Cl.CC(C)c1c(Cl)cccc1Cl.CC(C)c1c(F)cc(Cl)cc1Cl.CC(C)c1c(F)cc(Cl)cc1F.CC(C)c1c(F)cc(F)cc1Cl.CC(C)c1c(F)cc(F)cc1F.CC(C)c1c(F)cccc1Cl.CC(C)c1c(F)cccc1F.Cc1cc(Cl)c(C(C)C)c(Cl)c1. The van der Waals surface area contributed by atoms with Crippen LogP contribution in [0.1, 0.15) is 234 Å². The minimum Gasteiger partial charge on any atom is -0.207 e. The van der Waals surface area contributed by atoms with Gasteiger partial charge >= 0.3 is 0 Å². The molecule has 0 aliphatic heterocycles. The van der Waals surface area contributed by atoms with Gasteiger partial charge in [-0.2, -0.15) is 0 Å². The van der Waals surface area contributed by atoms with Crippen LogP contribution in [0.2, 0.25) is 55.2 Å². The van der Waals surface area contributed by atoms with Crippen LogP contribution >= 0.6 is 128 Å². The van der Waals surface area contributed by atoms with E-state index >= 15 is 0 Å². The van der Waals surface area contributed by atoms with Gasteiger partial charge in [0.2, 0.25) is 0 Å². The molecular formula is C82H87Cl11F12. The lowest BCUT2D eigenvalue weighted by atomic mass is 10.0. The summed E-state index contributed by atoms with van der Waals surface area (Å²) in [5.41, 5.74) is 5.71. The highest BCUT2D eigenvalue weighted by atomic mass is 35.5. The van der Waals surface area contributed by atoms with Gasteiger partial charge in [0.25, 0.3) is 0 Å². The molecule has 9 aromatic carbocycles. The first-order chi connectivity index (χ1) is 48.5. The standard InChI is InChI=1S/C10H12Cl2.2C9H9Cl2F.C9H10Cl2.2C9H9ClF2.C9H10ClF.C9H9F3.C9H10F2/c1-6(2)10-8(11)4-7(3)5-9(10)12;1-5(2)9-7(10)3-6(12)4-8(9)11;1-5(2)9-7(11)3-6(10)4-8(9)12;1-6(2)9-7(10)4-3-5-8(9)11;1-5(2)9-7(10)3-6(11)4-8(9)12;1-5(2)9-7(11)3-6(10)4-8(9)12;1-6(2)9-7(10)4-3-5-8(9)11;1-5(2)9-7(11)3-6(10)4-8(9)12;1-6(2)9-7(10)4-3-5-8(9)11/h4-6H,1-3H3;2*3-5H,1-2H3;3-6H,1-2H3;2*3-5H,1-2H3;3-6H,1-2H3;3-5H,1-2H3;3-6H,1-2H3. The normalized spacial score (nSPS) is 10.8. The van der Waals surface area contributed by atoms with Gasteiger partial charge in [-0.3, -0.25) is 0 Å². The molecule has 23 heteroatoms. The van der Waals surface area contributed by atoms with Crippen molar-refractivity contribution in [1.29, 1.82) is 0 Å². The molecule has 576 valence electrons. The van der Waals surface area contributed by atoms with E-state index < -0.39 is 58.2 Å². The van der Waals surface area contributed by atoms with E-state index in [0.717, 1.165) is 66.6 Å². The average molecular weight is 1690 g/mol. The second-order valence-electron chi connectivity index (χ2n) is 26.4. The Morgan fingerprint density at radius 2 is 0.371 bits per heavy atom. The van der Waals surface area contributed by atoms with E-state index in [1.165, 1.54) is 42.5 Å². The van der Waals surface area contributed by atoms with Crippen molar-refractivity contribution >= 4 is 128 Å². The Kier molecular flexibility index (Phi) is 44.4. The molecule has 0 saturated carbocycles. The number of hydrogen-bond acceptors (Lipinski definition) is 0. The summed E-state index contributed by atoms with van der Waals surface area (Å²) in [6.07, 6.45) is 0. The Morgan fingerprint density at radius 1 is 0.190 bits per heavy atom. The zero-order chi connectivity index (χ0) is 81.1. The number of benzene rings is 9. The van der Waals surface area contributed by atoms with Crippen molar-refractivity contribution in [1.82, 2.24) is 0 Å². The zero-order valence-corrected chi connectivity index (χ0v) is 69.8. The van der Waals surface area contributed by atoms with Gasteiger partial charge in [0, 0.05) is 107 Å². The zero-order valence-electron chi connectivity index (χ0n) is 61.5. The number of aryl methyl sites for hydroxylation is 1. The van der Waals surface area contributed by atoms with E-state index in [1.807, 2.05) is 92.6 Å². The molecule has 0 aromatic heterocycles. The first-order valence-corrected chi connectivity index (χ1v) is 37.2. The Labute approximate surface area is 667 Å². The van der Waals surface area contributed by atoms with E-state index in [0.29, 0.717) is 65.8 Å². The lowest BCUT2D eigenvalue weighted by Gasteiger charge is -2.11. The maximum atomic E-state index is 13.2. The molecule has 0 heterocycles. The highest BCUT2D eigenvalue weighted by molar-refractivity contribution is 6.38. The van der Waals surface area contributed by atoms with Crippen molar-refractivity contribution in [2.75, 3.05) is 0 Å². The summed E-state index contributed by atoms with van der Waals surface area (Å²) >= 11 is 63.9. The third kappa shape index (κ3) is 32.8. The second kappa shape index (κ2) is 47.4. The highest BCUT2D eigenvalue weighted by Crippen LogP contribution is 2.37. The minimum absolute atomic E-state index is 0.0295. The quantitative estimate of drug-likeness (QED) is 0.126.